The lowest BCUT2D eigenvalue weighted by Crippen LogP contribution is -2.37. The second-order valence-electron chi connectivity index (χ2n) is 8.66. The van der Waals surface area contributed by atoms with Gasteiger partial charge in [-0.25, -0.2) is 0 Å². The molecule has 1 saturated carbocycles. The number of rotatable bonds is 6. The average molecular weight is 410 g/mol. The molecule has 5 heteroatoms. The van der Waals surface area contributed by atoms with Gasteiger partial charge in [0, 0.05) is 41.6 Å². The fourth-order valence-electron chi connectivity index (χ4n) is 4.76. The summed E-state index contributed by atoms with van der Waals surface area (Å²) in [5, 5.41) is 2.97. The zero-order valence-electron chi connectivity index (χ0n) is 19.0. The first-order chi connectivity index (χ1) is 14.3. The van der Waals surface area contributed by atoms with Gasteiger partial charge in [-0.3, -0.25) is 9.59 Å². The minimum Gasteiger partial charge on any atom is -0.369 e. The highest BCUT2D eigenvalue weighted by Gasteiger charge is 2.24. The number of carbonyl (C=O) groups is 1. The Labute approximate surface area is 179 Å². The molecule has 1 fully saturated rings. The normalized spacial score (nSPS) is 14.6. The Hall–Kier alpha value is -2.56. The fourth-order valence-corrected chi connectivity index (χ4v) is 4.76. The Balaban J connectivity index is 1.85. The third-order valence-electron chi connectivity index (χ3n) is 6.35. The molecule has 1 heterocycles. The van der Waals surface area contributed by atoms with Crippen molar-refractivity contribution in [2.75, 3.05) is 11.4 Å². The van der Waals surface area contributed by atoms with Gasteiger partial charge in [-0.05, 0) is 82.3 Å². The zero-order chi connectivity index (χ0) is 21.8. The van der Waals surface area contributed by atoms with Gasteiger partial charge in [-0.2, -0.15) is 0 Å². The maximum Gasteiger partial charge on any atom is 0.253 e. The first-order valence-electron chi connectivity index (χ1n) is 11.2. The number of amides is 1. The van der Waals surface area contributed by atoms with Crippen molar-refractivity contribution in [1.82, 2.24) is 10.3 Å². The van der Waals surface area contributed by atoms with E-state index in [0.29, 0.717) is 17.2 Å². The van der Waals surface area contributed by atoms with E-state index in [1.807, 2.05) is 39.8 Å². The third kappa shape index (κ3) is 4.77. The second-order valence-corrected chi connectivity index (χ2v) is 8.66. The molecule has 162 valence electrons. The summed E-state index contributed by atoms with van der Waals surface area (Å²) in [6.45, 7) is 11.2. The Bertz CT molecular complexity index is 971. The molecule has 0 atom stereocenters. The van der Waals surface area contributed by atoms with Crippen molar-refractivity contribution >= 4 is 11.6 Å². The predicted octanol–water partition coefficient (Wildman–Crippen LogP) is 4.70. The molecule has 30 heavy (non-hydrogen) atoms. The molecule has 1 aromatic carbocycles. The Kier molecular flexibility index (Phi) is 7.01. The summed E-state index contributed by atoms with van der Waals surface area (Å²) >= 11 is 0. The number of pyridine rings is 1. The van der Waals surface area contributed by atoms with Crippen molar-refractivity contribution in [3.8, 4) is 0 Å². The monoisotopic (exact) mass is 409 g/mol. The molecule has 0 spiro atoms. The number of benzene rings is 1. The van der Waals surface area contributed by atoms with Crippen LogP contribution in [0.2, 0.25) is 0 Å². The van der Waals surface area contributed by atoms with E-state index < -0.39 is 0 Å². The van der Waals surface area contributed by atoms with E-state index in [-0.39, 0.29) is 18.0 Å². The van der Waals surface area contributed by atoms with Crippen LogP contribution in [0.15, 0.2) is 23.0 Å². The Morgan fingerprint density at radius 1 is 1.10 bits per heavy atom. The first-order valence-corrected chi connectivity index (χ1v) is 11.2. The van der Waals surface area contributed by atoms with Crippen molar-refractivity contribution in [3.05, 3.63) is 62.1 Å². The van der Waals surface area contributed by atoms with Crippen molar-refractivity contribution in [2.45, 2.75) is 79.3 Å². The van der Waals surface area contributed by atoms with Crippen molar-refractivity contribution in [2.24, 2.45) is 0 Å². The summed E-state index contributed by atoms with van der Waals surface area (Å²) in [5.41, 5.74) is 6.15. The van der Waals surface area contributed by atoms with Gasteiger partial charge >= 0.3 is 0 Å². The van der Waals surface area contributed by atoms with Gasteiger partial charge in [0.05, 0.1) is 0 Å². The quantitative estimate of drug-likeness (QED) is 0.727. The number of aromatic nitrogens is 1. The second kappa shape index (κ2) is 9.50. The van der Waals surface area contributed by atoms with E-state index in [0.717, 1.165) is 28.9 Å². The van der Waals surface area contributed by atoms with Crippen molar-refractivity contribution < 1.29 is 4.79 Å². The number of carbonyl (C=O) groups excluding carboxylic acids is 1. The van der Waals surface area contributed by atoms with Gasteiger partial charge in [-0.15, -0.1) is 0 Å². The topological polar surface area (TPSA) is 65.2 Å². The molecule has 0 unspecified atom stereocenters. The van der Waals surface area contributed by atoms with Crippen LogP contribution in [0.3, 0.4) is 0 Å². The van der Waals surface area contributed by atoms with Gasteiger partial charge in [0.15, 0.2) is 0 Å². The van der Waals surface area contributed by atoms with Gasteiger partial charge < -0.3 is 15.2 Å². The summed E-state index contributed by atoms with van der Waals surface area (Å²) < 4.78 is 0. The number of hydrogen-bond acceptors (Lipinski definition) is 3. The van der Waals surface area contributed by atoms with E-state index in [1.54, 1.807) is 0 Å². The molecule has 1 aliphatic carbocycles. The number of aryl methyl sites for hydroxylation is 3. The number of aromatic amines is 1. The summed E-state index contributed by atoms with van der Waals surface area (Å²) in [5.74, 6) is -0.128. The fraction of sp³-hybridized carbons (Fsp3) is 0.520. The number of H-pyrrole nitrogens is 1. The standard InChI is InChI=1S/C25H35N3O2/c1-6-28(20-10-8-7-9-11-20)23-13-16(2)12-21(19(23)5)24(29)26-15-22-17(3)14-18(4)27-25(22)30/h12-14,20H,6-11,15H2,1-5H3,(H,26,29)(H,27,30). The van der Waals surface area contributed by atoms with Crippen LogP contribution in [0.1, 0.15) is 77.3 Å². The van der Waals surface area contributed by atoms with Crippen LogP contribution in [-0.2, 0) is 6.54 Å². The van der Waals surface area contributed by atoms with Crippen LogP contribution >= 0.6 is 0 Å². The van der Waals surface area contributed by atoms with Gasteiger partial charge in [0.1, 0.15) is 0 Å². The number of hydrogen-bond donors (Lipinski definition) is 2. The summed E-state index contributed by atoms with van der Waals surface area (Å²) in [7, 11) is 0. The highest BCUT2D eigenvalue weighted by atomic mass is 16.1. The molecule has 1 aliphatic rings. The van der Waals surface area contributed by atoms with Crippen molar-refractivity contribution in [1.29, 1.82) is 0 Å². The van der Waals surface area contributed by atoms with Crippen molar-refractivity contribution in [3.63, 3.8) is 0 Å². The molecule has 2 aromatic rings. The number of anilines is 1. The van der Waals surface area contributed by atoms with E-state index in [1.165, 1.54) is 37.8 Å². The summed E-state index contributed by atoms with van der Waals surface area (Å²) in [6, 6.07) is 6.64. The van der Waals surface area contributed by atoms with Crippen LogP contribution in [0.5, 0.6) is 0 Å². The highest BCUT2D eigenvalue weighted by molar-refractivity contribution is 5.97. The van der Waals surface area contributed by atoms with E-state index in [9.17, 15) is 9.59 Å². The van der Waals surface area contributed by atoms with Gasteiger partial charge in [-0.1, -0.05) is 19.3 Å². The van der Waals surface area contributed by atoms with Crippen LogP contribution in [-0.4, -0.2) is 23.5 Å². The summed E-state index contributed by atoms with van der Waals surface area (Å²) in [4.78, 5) is 30.7. The molecular weight excluding hydrogens is 374 g/mol. The Morgan fingerprint density at radius 2 is 1.80 bits per heavy atom. The third-order valence-corrected chi connectivity index (χ3v) is 6.35. The Morgan fingerprint density at radius 3 is 2.43 bits per heavy atom. The maximum absolute atomic E-state index is 13.1. The molecule has 5 nitrogen and oxygen atoms in total. The number of nitrogens with one attached hydrogen (secondary N) is 2. The van der Waals surface area contributed by atoms with Gasteiger partial charge in [0.2, 0.25) is 0 Å². The molecule has 0 radical (unpaired) electrons. The lowest BCUT2D eigenvalue weighted by atomic mass is 9.92. The minimum atomic E-state index is -0.135. The minimum absolute atomic E-state index is 0.128. The van der Waals surface area contributed by atoms with Gasteiger partial charge in [0.25, 0.3) is 11.5 Å². The molecule has 0 bridgehead atoms. The molecule has 0 saturated heterocycles. The average Bonchev–Trinajstić information content (AvgIpc) is 2.70. The van der Waals surface area contributed by atoms with Crippen LogP contribution in [0, 0.1) is 27.7 Å². The molecular formula is C25H35N3O2. The molecule has 2 N–H and O–H groups in total. The predicted molar refractivity (Wildman–Crippen MR) is 124 cm³/mol. The molecule has 3 rings (SSSR count). The highest BCUT2D eigenvalue weighted by Crippen LogP contribution is 2.32. The molecule has 1 amide bonds. The van der Waals surface area contributed by atoms with Crippen LogP contribution in [0.4, 0.5) is 5.69 Å². The van der Waals surface area contributed by atoms with E-state index in [2.05, 4.69) is 28.2 Å². The van der Waals surface area contributed by atoms with E-state index >= 15 is 0 Å². The number of nitrogens with zero attached hydrogens (tertiary/aromatic N) is 1. The molecule has 1 aromatic heterocycles. The first kappa shape index (κ1) is 22.1. The summed E-state index contributed by atoms with van der Waals surface area (Å²) in [6.07, 6.45) is 6.33. The zero-order valence-corrected chi connectivity index (χ0v) is 19.0. The van der Waals surface area contributed by atoms with Crippen LogP contribution < -0.4 is 15.8 Å². The SMILES string of the molecule is CCN(c1cc(C)cc(C(=O)NCc2c(C)cc(C)[nH]c2=O)c1C)C1CCCCC1. The lowest BCUT2D eigenvalue weighted by molar-refractivity contribution is 0.0950. The maximum atomic E-state index is 13.1. The largest absolute Gasteiger partial charge is 0.369 e. The lowest BCUT2D eigenvalue weighted by Gasteiger charge is -2.37. The van der Waals surface area contributed by atoms with Crippen LogP contribution in [0.25, 0.3) is 0 Å². The molecule has 0 aliphatic heterocycles. The smallest absolute Gasteiger partial charge is 0.253 e. The van der Waals surface area contributed by atoms with E-state index in [4.69, 9.17) is 0 Å².